The van der Waals surface area contributed by atoms with E-state index in [2.05, 4.69) is 15.3 Å². The van der Waals surface area contributed by atoms with E-state index >= 15 is 0 Å². The molecule has 1 aromatic heterocycles. The molecular weight excluding hydrogens is 356 g/mol. The lowest BCUT2D eigenvalue weighted by atomic mass is 9.77. The molecule has 2 heterocycles. The van der Waals surface area contributed by atoms with Crippen molar-refractivity contribution in [3.63, 3.8) is 0 Å². The van der Waals surface area contributed by atoms with Crippen LogP contribution in [0.4, 0.5) is 5.82 Å². The number of carbonyl (C=O) groups is 1. The highest BCUT2D eigenvalue weighted by Gasteiger charge is 2.43. The SMILES string of the molecule is COc1ccc(C(=O)N2C[C@H]3C[C@@H](Nc4cnccn4)[C@H](O)C[C@H]3C2)cc1C. The number of hydrogen-bond acceptors (Lipinski definition) is 6. The van der Waals surface area contributed by atoms with Crippen molar-refractivity contribution in [2.24, 2.45) is 11.8 Å². The summed E-state index contributed by atoms with van der Waals surface area (Å²) in [5, 5.41) is 13.9. The average Bonchev–Trinajstić information content (AvgIpc) is 3.11. The Hall–Kier alpha value is -2.67. The van der Waals surface area contributed by atoms with Crippen LogP contribution in [0, 0.1) is 18.8 Å². The van der Waals surface area contributed by atoms with Crippen LogP contribution in [0.3, 0.4) is 0 Å². The number of aryl methyl sites for hydroxylation is 1. The number of methoxy groups -OCH3 is 1. The van der Waals surface area contributed by atoms with Crippen molar-refractivity contribution in [1.82, 2.24) is 14.9 Å². The third-order valence-corrected chi connectivity index (χ3v) is 5.97. The van der Waals surface area contributed by atoms with Gasteiger partial charge in [-0.3, -0.25) is 9.78 Å². The van der Waals surface area contributed by atoms with E-state index in [9.17, 15) is 9.90 Å². The normalized spacial score (nSPS) is 26.6. The number of aliphatic hydroxyl groups is 1. The molecule has 0 unspecified atom stereocenters. The standard InChI is InChI=1S/C21H26N4O3/c1-13-7-14(3-4-19(13)28-2)21(27)25-11-15-8-17(18(26)9-16(15)12-25)24-20-10-22-5-6-23-20/h3-7,10,15-18,26H,8-9,11-12H2,1-2H3,(H,23,24)/t15-,16+,17-,18-/m1/s1. The van der Waals surface area contributed by atoms with Crippen LogP contribution in [0.5, 0.6) is 5.75 Å². The lowest BCUT2D eigenvalue weighted by molar-refractivity contribution is 0.0727. The van der Waals surface area contributed by atoms with E-state index in [-0.39, 0.29) is 11.9 Å². The highest BCUT2D eigenvalue weighted by Crippen LogP contribution is 2.38. The Kier molecular flexibility index (Phi) is 5.17. The number of nitrogens with zero attached hydrogens (tertiary/aromatic N) is 3. The Morgan fingerprint density at radius 2 is 2.04 bits per heavy atom. The fourth-order valence-electron chi connectivity index (χ4n) is 4.51. The van der Waals surface area contributed by atoms with Gasteiger partial charge in [-0.25, -0.2) is 4.98 Å². The summed E-state index contributed by atoms with van der Waals surface area (Å²) in [6.45, 7) is 3.36. The number of ether oxygens (including phenoxy) is 1. The van der Waals surface area contributed by atoms with Gasteiger partial charge in [-0.15, -0.1) is 0 Å². The lowest BCUT2D eigenvalue weighted by Gasteiger charge is -2.35. The molecule has 7 nitrogen and oxygen atoms in total. The van der Waals surface area contributed by atoms with Crippen molar-refractivity contribution < 1.29 is 14.6 Å². The summed E-state index contributed by atoms with van der Waals surface area (Å²) in [7, 11) is 1.63. The number of amides is 1. The maximum atomic E-state index is 13.0. The molecule has 0 spiro atoms. The summed E-state index contributed by atoms with van der Waals surface area (Å²) in [6, 6.07) is 5.48. The van der Waals surface area contributed by atoms with Crippen molar-refractivity contribution in [2.45, 2.75) is 31.9 Å². The summed E-state index contributed by atoms with van der Waals surface area (Å²) in [5.74, 6) is 2.21. The molecule has 28 heavy (non-hydrogen) atoms. The average molecular weight is 382 g/mol. The number of likely N-dealkylation sites (tertiary alicyclic amines) is 1. The van der Waals surface area contributed by atoms with Crippen molar-refractivity contribution in [3.05, 3.63) is 47.9 Å². The number of hydrogen-bond donors (Lipinski definition) is 2. The molecule has 7 heteroatoms. The maximum absolute atomic E-state index is 13.0. The zero-order valence-corrected chi connectivity index (χ0v) is 16.2. The first kappa shape index (κ1) is 18.7. The lowest BCUT2D eigenvalue weighted by Crippen LogP contribution is -2.43. The summed E-state index contributed by atoms with van der Waals surface area (Å²) >= 11 is 0. The van der Waals surface area contributed by atoms with Gasteiger partial charge in [0.25, 0.3) is 5.91 Å². The molecule has 2 aromatic rings. The van der Waals surface area contributed by atoms with Gasteiger partial charge in [0.1, 0.15) is 11.6 Å². The summed E-state index contributed by atoms with van der Waals surface area (Å²) in [5.41, 5.74) is 1.64. The molecule has 2 fully saturated rings. The van der Waals surface area contributed by atoms with E-state index in [1.165, 1.54) is 0 Å². The van der Waals surface area contributed by atoms with Gasteiger partial charge in [-0.2, -0.15) is 0 Å². The molecule has 0 radical (unpaired) electrons. The fraction of sp³-hybridized carbons (Fsp3) is 0.476. The van der Waals surface area contributed by atoms with Crippen molar-refractivity contribution in [3.8, 4) is 5.75 Å². The number of carbonyl (C=O) groups excluding carboxylic acids is 1. The van der Waals surface area contributed by atoms with Crippen molar-refractivity contribution >= 4 is 11.7 Å². The maximum Gasteiger partial charge on any atom is 0.253 e. The molecule has 0 bridgehead atoms. The molecule has 1 saturated heterocycles. The molecule has 4 rings (SSSR count). The van der Waals surface area contributed by atoms with E-state index in [0.717, 1.165) is 24.3 Å². The van der Waals surface area contributed by atoms with Crippen LogP contribution in [0.25, 0.3) is 0 Å². The molecule has 4 atom stereocenters. The van der Waals surface area contributed by atoms with Crippen LogP contribution >= 0.6 is 0 Å². The second kappa shape index (κ2) is 7.75. The van der Waals surface area contributed by atoms with Gasteiger partial charge >= 0.3 is 0 Å². The van der Waals surface area contributed by atoms with Crippen molar-refractivity contribution in [1.29, 1.82) is 0 Å². The van der Waals surface area contributed by atoms with Crippen LogP contribution in [-0.2, 0) is 0 Å². The van der Waals surface area contributed by atoms with Crippen molar-refractivity contribution in [2.75, 3.05) is 25.5 Å². The smallest absolute Gasteiger partial charge is 0.253 e. The Bertz CT molecular complexity index is 845. The number of benzene rings is 1. The predicted octanol–water partition coefficient (Wildman–Crippen LogP) is 2.12. The second-order valence-corrected chi connectivity index (χ2v) is 7.79. The first-order valence-electron chi connectivity index (χ1n) is 9.69. The molecule has 1 aliphatic heterocycles. The van der Waals surface area contributed by atoms with Crippen LogP contribution in [0.2, 0.25) is 0 Å². The third kappa shape index (κ3) is 3.67. The molecule has 148 valence electrons. The summed E-state index contributed by atoms with van der Waals surface area (Å²) < 4.78 is 5.29. The number of nitrogens with one attached hydrogen (secondary N) is 1. The number of aliphatic hydroxyl groups excluding tert-OH is 1. The van der Waals surface area contributed by atoms with Crippen LogP contribution in [0.1, 0.15) is 28.8 Å². The van der Waals surface area contributed by atoms with Gasteiger partial charge in [0.05, 0.1) is 25.5 Å². The largest absolute Gasteiger partial charge is 0.496 e. The van der Waals surface area contributed by atoms with Gasteiger partial charge in [0.15, 0.2) is 0 Å². The first-order valence-corrected chi connectivity index (χ1v) is 9.69. The Morgan fingerprint density at radius 3 is 2.71 bits per heavy atom. The third-order valence-electron chi connectivity index (χ3n) is 5.97. The Labute approximate surface area is 164 Å². The van der Waals surface area contributed by atoms with Crippen LogP contribution in [-0.4, -0.2) is 58.2 Å². The molecule has 1 aliphatic carbocycles. The quantitative estimate of drug-likeness (QED) is 0.842. The van der Waals surface area contributed by atoms with E-state index in [0.29, 0.717) is 36.2 Å². The fourth-order valence-corrected chi connectivity index (χ4v) is 4.51. The Balaban J connectivity index is 1.43. The molecule has 2 aliphatic rings. The topological polar surface area (TPSA) is 87.6 Å². The van der Waals surface area contributed by atoms with Crippen LogP contribution in [0.15, 0.2) is 36.8 Å². The summed E-state index contributed by atoms with van der Waals surface area (Å²) in [6.07, 6.45) is 5.96. The zero-order valence-electron chi connectivity index (χ0n) is 16.2. The minimum atomic E-state index is -0.457. The van der Waals surface area contributed by atoms with E-state index in [1.807, 2.05) is 30.0 Å². The Morgan fingerprint density at radius 1 is 1.25 bits per heavy atom. The predicted molar refractivity (Wildman–Crippen MR) is 105 cm³/mol. The van der Waals surface area contributed by atoms with Gasteiger partial charge in [-0.1, -0.05) is 0 Å². The summed E-state index contributed by atoms with van der Waals surface area (Å²) in [4.78, 5) is 23.2. The minimum Gasteiger partial charge on any atom is -0.496 e. The highest BCUT2D eigenvalue weighted by atomic mass is 16.5. The van der Waals surface area contributed by atoms with Gasteiger partial charge in [-0.05, 0) is 55.4 Å². The second-order valence-electron chi connectivity index (χ2n) is 7.79. The number of fused-ring (bicyclic) bond motifs is 1. The van der Waals surface area contributed by atoms with E-state index < -0.39 is 6.10 Å². The monoisotopic (exact) mass is 382 g/mol. The molecule has 1 saturated carbocycles. The molecular formula is C21H26N4O3. The molecule has 2 N–H and O–H groups in total. The molecule has 1 aromatic carbocycles. The van der Waals surface area contributed by atoms with E-state index in [1.54, 1.807) is 25.7 Å². The van der Waals surface area contributed by atoms with Gasteiger partial charge in [0, 0.05) is 31.0 Å². The number of rotatable bonds is 4. The molecule has 1 amide bonds. The van der Waals surface area contributed by atoms with Crippen LogP contribution < -0.4 is 10.1 Å². The first-order chi connectivity index (χ1) is 13.5. The minimum absolute atomic E-state index is 0.0491. The zero-order chi connectivity index (χ0) is 19.7. The number of anilines is 1. The van der Waals surface area contributed by atoms with Gasteiger partial charge in [0.2, 0.25) is 0 Å². The highest BCUT2D eigenvalue weighted by molar-refractivity contribution is 5.94. The van der Waals surface area contributed by atoms with E-state index in [4.69, 9.17) is 4.74 Å². The number of aromatic nitrogens is 2. The van der Waals surface area contributed by atoms with Gasteiger partial charge < -0.3 is 20.1 Å².